The minimum Gasteiger partial charge on any atom is -0.394 e. The van der Waals surface area contributed by atoms with Crippen LogP contribution in [0.2, 0.25) is 0 Å². The monoisotopic (exact) mass is 1180 g/mol. The number of hydrogen-bond acceptors (Lipinski definition) is 17. The normalized spacial score (nSPS) is 31.0. The molecule has 0 radical (unpaired) electrons. The van der Waals surface area contributed by atoms with Gasteiger partial charge in [0.25, 0.3) is 0 Å². The fraction of sp³-hybridized carbons (Fsp3) is 1.00. The number of aliphatic hydroxyl groups excluding tert-OH is 9. The Hall–Kier alpha value is -0.680. The highest BCUT2D eigenvalue weighted by Crippen LogP contribution is 2.27. The van der Waals surface area contributed by atoms with Crippen molar-refractivity contribution >= 4 is 0 Å². The van der Waals surface area contributed by atoms with Gasteiger partial charge >= 0.3 is 0 Å². The summed E-state index contributed by atoms with van der Waals surface area (Å²) in [6, 6.07) is 0. The van der Waals surface area contributed by atoms with Gasteiger partial charge in [-0.2, -0.15) is 0 Å². The van der Waals surface area contributed by atoms with Gasteiger partial charge in [0.15, 0.2) is 0 Å². The van der Waals surface area contributed by atoms with Crippen molar-refractivity contribution in [2.45, 2.75) is 254 Å². The number of piperidine rings is 2. The molecule has 0 saturated carbocycles. The van der Waals surface area contributed by atoms with E-state index in [0.29, 0.717) is 32.5 Å². The van der Waals surface area contributed by atoms with E-state index >= 15 is 0 Å². The van der Waals surface area contributed by atoms with Gasteiger partial charge in [0.2, 0.25) is 0 Å². The molecule has 9 N–H and O–H groups in total. The summed E-state index contributed by atoms with van der Waals surface area (Å²) >= 11 is 0. The van der Waals surface area contributed by atoms with Crippen LogP contribution in [0, 0.1) is 59.2 Å². The second-order valence-electron chi connectivity index (χ2n) is 28.0. The molecule has 6 heterocycles. The summed E-state index contributed by atoms with van der Waals surface area (Å²) in [5, 5.41) is 83.6. The third-order valence-corrected chi connectivity index (χ3v) is 16.4. The maximum absolute atomic E-state index is 9.56. The maximum atomic E-state index is 9.56. The topological polar surface area (TPSA) is 232 Å². The van der Waals surface area contributed by atoms with Crippen LogP contribution in [0.25, 0.3) is 0 Å². The zero-order valence-electron chi connectivity index (χ0n) is 56.9. The van der Waals surface area contributed by atoms with Crippen LogP contribution in [-0.4, -0.2) is 253 Å². The lowest BCUT2D eigenvalue weighted by molar-refractivity contribution is -0.189. The lowest BCUT2D eigenvalue weighted by Crippen LogP contribution is -2.51. The first-order chi connectivity index (χ1) is 38.1. The highest BCUT2D eigenvalue weighted by atomic mass is 16.5. The number of nitrogens with zero attached hydrogens (tertiary/aromatic N) is 4. The van der Waals surface area contributed by atoms with E-state index in [-0.39, 0.29) is 67.4 Å². The molecule has 6 aliphatic rings. The first kappa shape index (κ1) is 83.4. The molecule has 0 spiro atoms. The Kier molecular flexibility index (Phi) is 47.2. The minimum atomic E-state index is -0.831. The molecule has 0 aromatic heterocycles. The highest BCUT2D eigenvalue weighted by molar-refractivity contribution is 4.88. The molecule has 0 aromatic rings. The van der Waals surface area contributed by atoms with Crippen LogP contribution in [0.4, 0.5) is 0 Å². The number of likely N-dealkylation sites (tertiary alicyclic amines) is 2. The lowest BCUT2D eigenvalue weighted by Gasteiger charge is -2.38. The smallest absolute Gasteiger partial charge is 0.108 e. The molecule has 17 heteroatoms. The van der Waals surface area contributed by atoms with Crippen molar-refractivity contribution in [3.8, 4) is 0 Å². The number of aliphatic hydroxyl groups is 9. The molecule has 0 bridgehead atoms. The summed E-state index contributed by atoms with van der Waals surface area (Å²) in [5.41, 5.74) is 0. The van der Waals surface area contributed by atoms with Gasteiger partial charge in [0.1, 0.15) is 30.5 Å². The molecule has 6 fully saturated rings. The predicted molar refractivity (Wildman–Crippen MR) is 337 cm³/mol. The van der Waals surface area contributed by atoms with Gasteiger partial charge in [-0.15, -0.1) is 0 Å². The average Bonchev–Trinajstić information content (AvgIpc) is 3.73. The third kappa shape index (κ3) is 37.9. The predicted octanol–water partition coefficient (Wildman–Crippen LogP) is 7.13. The first-order valence-corrected chi connectivity index (χ1v) is 32.3. The van der Waals surface area contributed by atoms with Crippen molar-refractivity contribution < 1.29 is 64.9 Å². The van der Waals surface area contributed by atoms with E-state index in [4.69, 9.17) is 29.2 Å². The van der Waals surface area contributed by atoms with Crippen molar-refractivity contribution in [2.75, 3.05) is 108 Å². The van der Waals surface area contributed by atoms with Crippen molar-refractivity contribution in [2.24, 2.45) is 59.2 Å². The fourth-order valence-corrected chi connectivity index (χ4v) is 10.4. The highest BCUT2D eigenvalue weighted by Gasteiger charge is 2.39. The van der Waals surface area contributed by atoms with E-state index in [1.807, 2.05) is 55.4 Å². The molecule has 17 nitrogen and oxygen atoms in total. The third-order valence-electron chi connectivity index (χ3n) is 16.4. The van der Waals surface area contributed by atoms with Gasteiger partial charge < -0.3 is 84.5 Å². The zero-order chi connectivity index (χ0) is 63.6. The summed E-state index contributed by atoms with van der Waals surface area (Å²) in [4.78, 5) is 9.34. The van der Waals surface area contributed by atoms with Crippen LogP contribution in [0.5, 0.6) is 0 Å². The van der Waals surface area contributed by atoms with E-state index < -0.39 is 48.8 Å². The van der Waals surface area contributed by atoms with Crippen LogP contribution in [0.15, 0.2) is 0 Å². The molecule has 6 rings (SSSR count). The Labute approximate surface area is 504 Å². The van der Waals surface area contributed by atoms with Crippen LogP contribution in [0.3, 0.4) is 0 Å². The Bertz CT molecular complexity index is 1410. The second kappa shape index (κ2) is 46.4. The average molecular weight is 1180 g/mol. The standard InChI is InChI=1S/2C9H19N.C9H18O4.C8H19N.2C8H16O3.C7H17N.C7H14O3/c1-8(2)9-4-6-10(3)7-5-9;1-8(2)9-5-4-6-10(3)7-9;1-5(2)9-8(12)7(11)3-6(4-10)13-9;1-8(2)6-5-7-9(3)4;2*1-5(2)8-7(10)6(9)3-4-11-8;1-7(2)5-6-8(3)4;1-4(2)7-6(9)5(8)3-10-7/h2*8-9H,4-7H2,1-3H3;5-12H,3-4H2,1-2H3;8H,5-7H2,1-4H3;2*5-10H,3-4H2,1-2H3;7H,5-6H2,1-4H3;4-9H,3H2,1-2H3/t;;6?,7-,8-,9-;;6-,7-,8?;6-,7-,8-;;5-,6-,7-/m..0.00.0/s1. The van der Waals surface area contributed by atoms with Crippen molar-refractivity contribution in [3.05, 3.63) is 0 Å². The number of ether oxygens (including phenoxy) is 4. The van der Waals surface area contributed by atoms with E-state index in [2.05, 4.69) is 117 Å². The minimum absolute atomic E-state index is 0.104. The Morgan fingerprint density at radius 2 is 0.854 bits per heavy atom. The van der Waals surface area contributed by atoms with Gasteiger partial charge in [-0.25, -0.2) is 0 Å². The van der Waals surface area contributed by atoms with E-state index in [1.165, 1.54) is 84.2 Å². The van der Waals surface area contributed by atoms with Gasteiger partial charge in [-0.1, -0.05) is 111 Å². The Morgan fingerprint density at radius 1 is 0.439 bits per heavy atom. The summed E-state index contributed by atoms with van der Waals surface area (Å²) in [6.45, 7) is 43.1. The molecule has 6 aliphatic heterocycles. The largest absolute Gasteiger partial charge is 0.394 e. The summed E-state index contributed by atoms with van der Waals surface area (Å²) in [6.07, 6.45) is 4.18. The van der Waals surface area contributed by atoms with Gasteiger partial charge in [-0.05, 0) is 192 Å². The molecule has 496 valence electrons. The van der Waals surface area contributed by atoms with Crippen LogP contribution in [-0.2, 0) is 18.9 Å². The fourth-order valence-electron chi connectivity index (χ4n) is 10.4. The van der Waals surface area contributed by atoms with E-state index in [1.54, 1.807) is 0 Å². The van der Waals surface area contributed by atoms with Gasteiger partial charge in [0, 0.05) is 26.2 Å². The Balaban J connectivity index is 0. The SMILES string of the molecule is CC(C)C1CCCN(C)C1.CC(C)C1CCN(C)CC1.CC(C)C1OCC[C@H](O)[C@@H]1O.CC(C)CCCN(C)C.CC(C)CCN(C)C.CC(C)[C@@H]1OC(CO)C[C@H](O)[C@@H]1O.CC(C)[C@@H]1OCC[C@H](O)[C@@H]1O.CC(C)[C@@H]1OC[C@H](O)[C@@H]1O. The summed E-state index contributed by atoms with van der Waals surface area (Å²) in [5.74, 6) is 6.37. The number of rotatable bonds is 14. The van der Waals surface area contributed by atoms with E-state index in [0.717, 1.165) is 35.5 Å². The molecule has 6 saturated heterocycles. The molecule has 82 heavy (non-hydrogen) atoms. The zero-order valence-corrected chi connectivity index (χ0v) is 56.9. The van der Waals surface area contributed by atoms with E-state index in [9.17, 15) is 35.7 Å². The van der Waals surface area contributed by atoms with Gasteiger partial charge in [-0.3, -0.25) is 0 Å². The molecular formula is C65H138N4O13. The van der Waals surface area contributed by atoms with Crippen LogP contribution in [0.1, 0.15) is 175 Å². The van der Waals surface area contributed by atoms with Crippen molar-refractivity contribution in [1.82, 2.24) is 19.6 Å². The number of hydrogen-bond donors (Lipinski definition) is 9. The second-order valence-corrected chi connectivity index (χ2v) is 28.0. The van der Waals surface area contributed by atoms with Crippen LogP contribution >= 0.6 is 0 Å². The molecule has 14 atom stereocenters. The quantitative estimate of drug-likeness (QED) is 0.0842. The van der Waals surface area contributed by atoms with Gasteiger partial charge in [0.05, 0.1) is 62.0 Å². The summed E-state index contributed by atoms with van der Waals surface area (Å²) in [7, 11) is 12.9. The van der Waals surface area contributed by atoms with Crippen LogP contribution < -0.4 is 0 Å². The summed E-state index contributed by atoms with van der Waals surface area (Å²) < 4.78 is 21.2. The van der Waals surface area contributed by atoms with Crippen molar-refractivity contribution in [1.29, 1.82) is 0 Å². The molecule has 0 aromatic carbocycles. The first-order valence-electron chi connectivity index (χ1n) is 32.3. The molecule has 0 amide bonds. The molecule has 3 unspecified atom stereocenters. The maximum Gasteiger partial charge on any atom is 0.108 e. The Morgan fingerprint density at radius 3 is 1.16 bits per heavy atom. The molecule has 0 aliphatic carbocycles. The molecular weight excluding hydrogens is 1040 g/mol. The lowest BCUT2D eigenvalue weighted by atomic mass is 9.87. The van der Waals surface area contributed by atoms with Crippen molar-refractivity contribution in [3.63, 3.8) is 0 Å².